The number of fused-ring (bicyclic) bond motifs is 1. The van der Waals surface area contributed by atoms with Crippen molar-refractivity contribution in [2.45, 2.75) is 45.4 Å². The van der Waals surface area contributed by atoms with Crippen LogP contribution < -0.4 is 10.6 Å². The van der Waals surface area contributed by atoms with Crippen LogP contribution in [0.3, 0.4) is 0 Å². The summed E-state index contributed by atoms with van der Waals surface area (Å²) >= 11 is 6.75. The first kappa shape index (κ1) is 20.7. The van der Waals surface area contributed by atoms with Crippen LogP contribution in [0.4, 0.5) is 19.5 Å². The maximum Gasteiger partial charge on any atom is 0.341 e. The van der Waals surface area contributed by atoms with Crippen molar-refractivity contribution in [2.24, 2.45) is 0 Å². The lowest BCUT2D eigenvalue weighted by molar-refractivity contribution is 0.0526. The van der Waals surface area contributed by atoms with Gasteiger partial charge in [-0.05, 0) is 62.5 Å². The second-order valence-corrected chi connectivity index (χ2v) is 8.06. The third kappa shape index (κ3) is 4.86. The van der Waals surface area contributed by atoms with Gasteiger partial charge in [-0.15, -0.1) is 11.3 Å². The Morgan fingerprint density at radius 2 is 1.93 bits per heavy atom. The number of anilines is 2. The minimum atomic E-state index is -0.616. The molecule has 0 spiro atoms. The van der Waals surface area contributed by atoms with Crippen molar-refractivity contribution in [3.63, 3.8) is 0 Å². The van der Waals surface area contributed by atoms with Crippen molar-refractivity contribution < 1.29 is 18.3 Å². The first-order valence-corrected chi connectivity index (χ1v) is 10.6. The van der Waals surface area contributed by atoms with Gasteiger partial charge < -0.3 is 15.4 Å². The first-order valence-electron chi connectivity index (χ1n) is 9.34. The number of thiocarbonyl (C=S) groups is 1. The van der Waals surface area contributed by atoms with Gasteiger partial charge in [-0.1, -0.05) is 12.8 Å². The molecule has 0 radical (unpaired) electrons. The Bertz CT molecular complexity index is 883. The highest BCUT2D eigenvalue weighted by Crippen LogP contribution is 2.37. The highest BCUT2D eigenvalue weighted by atomic mass is 32.1. The Labute approximate surface area is 172 Å². The Morgan fingerprint density at radius 3 is 2.68 bits per heavy atom. The predicted octanol–water partition coefficient (Wildman–Crippen LogP) is 5.67. The number of rotatable bonds is 4. The average molecular weight is 425 g/mol. The molecule has 0 atom stereocenters. The summed E-state index contributed by atoms with van der Waals surface area (Å²) in [5, 5.41) is 6.32. The summed E-state index contributed by atoms with van der Waals surface area (Å²) < 4.78 is 32.5. The fourth-order valence-corrected chi connectivity index (χ4v) is 4.84. The van der Waals surface area contributed by atoms with Crippen LogP contribution in [0.2, 0.25) is 0 Å². The van der Waals surface area contributed by atoms with E-state index in [1.165, 1.54) is 17.8 Å². The molecule has 0 aliphatic heterocycles. The highest BCUT2D eigenvalue weighted by Gasteiger charge is 2.25. The molecule has 28 heavy (non-hydrogen) atoms. The summed E-state index contributed by atoms with van der Waals surface area (Å²) in [6.45, 7) is 2.04. The van der Waals surface area contributed by atoms with Crippen LogP contribution >= 0.6 is 23.6 Å². The first-order chi connectivity index (χ1) is 13.5. The van der Waals surface area contributed by atoms with Crippen molar-refractivity contribution in [1.29, 1.82) is 0 Å². The van der Waals surface area contributed by atoms with Gasteiger partial charge in [0, 0.05) is 10.9 Å². The van der Waals surface area contributed by atoms with Gasteiger partial charge in [0.2, 0.25) is 0 Å². The van der Waals surface area contributed by atoms with Gasteiger partial charge in [-0.2, -0.15) is 0 Å². The van der Waals surface area contributed by atoms with E-state index in [9.17, 15) is 13.6 Å². The molecule has 3 rings (SSSR count). The van der Waals surface area contributed by atoms with E-state index in [1.54, 1.807) is 6.92 Å². The number of benzene rings is 1. The zero-order valence-electron chi connectivity index (χ0n) is 15.6. The van der Waals surface area contributed by atoms with Crippen LogP contribution in [0, 0.1) is 11.6 Å². The van der Waals surface area contributed by atoms with Crippen LogP contribution in [-0.2, 0) is 17.6 Å². The lowest BCUT2D eigenvalue weighted by Crippen LogP contribution is -2.21. The summed E-state index contributed by atoms with van der Waals surface area (Å²) in [5.74, 6) is -1.57. The molecule has 1 aliphatic carbocycles. The number of halogens is 2. The Kier molecular flexibility index (Phi) is 6.96. The van der Waals surface area contributed by atoms with Crippen molar-refractivity contribution in [1.82, 2.24) is 0 Å². The normalized spacial score (nSPS) is 13.8. The molecular weight excluding hydrogens is 402 g/mol. The molecule has 0 saturated carbocycles. The van der Waals surface area contributed by atoms with Crippen LogP contribution in [0.25, 0.3) is 0 Å². The predicted molar refractivity (Wildman–Crippen MR) is 112 cm³/mol. The van der Waals surface area contributed by atoms with Crippen molar-refractivity contribution in [3.05, 3.63) is 45.8 Å². The monoisotopic (exact) mass is 424 g/mol. The molecule has 0 unspecified atom stereocenters. The van der Waals surface area contributed by atoms with E-state index in [1.807, 2.05) is 0 Å². The number of hydrogen-bond donors (Lipinski definition) is 2. The van der Waals surface area contributed by atoms with Crippen LogP contribution in [0.5, 0.6) is 0 Å². The van der Waals surface area contributed by atoms with Crippen LogP contribution in [0.1, 0.15) is 53.4 Å². The minimum Gasteiger partial charge on any atom is -0.462 e. The maximum absolute atomic E-state index is 13.9. The zero-order valence-corrected chi connectivity index (χ0v) is 17.2. The standard InChI is InChI=1S/C20H22F2N2O2S2/c1-2-26-19(25)17-13-7-5-3-4-6-8-16(13)28-18(17)24-20(27)23-15-11-12(21)9-10-14(15)22/h9-11H,2-8H2,1H3,(H2,23,24,27). The van der Waals surface area contributed by atoms with E-state index in [0.717, 1.165) is 60.7 Å². The topological polar surface area (TPSA) is 50.4 Å². The lowest BCUT2D eigenvalue weighted by atomic mass is 9.96. The fourth-order valence-electron chi connectivity index (χ4n) is 3.28. The summed E-state index contributed by atoms with van der Waals surface area (Å²) in [6.07, 6.45) is 6.14. The van der Waals surface area contributed by atoms with Gasteiger partial charge in [-0.25, -0.2) is 13.6 Å². The SMILES string of the molecule is CCOC(=O)c1c(NC(=S)Nc2cc(F)ccc2F)sc2c1CCCCCC2. The number of nitrogens with one attached hydrogen (secondary N) is 2. The quantitative estimate of drug-likeness (QED) is 0.489. The number of carbonyl (C=O) groups excluding carboxylic acids is 1. The third-order valence-corrected chi connectivity index (χ3v) is 5.97. The molecular formula is C20H22F2N2O2S2. The maximum atomic E-state index is 13.9. The third-order valence-electron chi connectivity index (χ3n) is 4.55. The number of hydrogen-bond acceptors (Lipinski definition) is 4. The van der Waals surface area contributed by atoms with Crippen LogP contribution in [0.15, 0.2) is 18.2 Å². The van der Waals surface area contributed by atoms with E-state index < -0.39 is 11.6 Å². The van der Waals surface area contributed by atoms with E-state index in [2.05, 4.69) is 10.6 Å². The molecule has 1 aliphatic rings. The average Bonchev–Trinajstić information content (AvgIpc) is 2.94. The molecule has 2 aromatic rings. The van der Waals surface area contributed by atoms with Gasteiger partial charge in [0.25, 0.3) is 0 Å². The molecule has 2 N–H and O–H groups in total. The van der Waals surface area contributed by atoms with Gasteiger partial charge in [-0.3, -0.25) is 0 Å². The second-order valence-electron chi connectivity index (χ2n) is 6.55. The van der Waals surface area contributed by atoms with Crippen molar-refractivity contribution in [3.8, 4) is 0 Å². The molecule has 8 heteroatoms. The molecule has 1 aromatic carbocycles. The van der Waals surface area contributed by atoms with Gasteiger partial charge in [0.15, 0.2) is 5.11 Å². The summed E-state index contributed by atoms with van der Waals surface area (Å²) in [4.78, 5) is 13.8. The molecule has 0 fully saturated rings. The van der Waals surface area contributed by atoms with Crippen LogP contribution in [-0.4, -0.2) is 17.7 Å². The molecule has 4 nitrogen and oxygen atoms in total. The molecule has 150 valence electrons. The summed E-state index contributed by atoms with van der Waals surface area (Å²) in [7, 11) is 0. The Morgan fingerprint density at radius 1 is 1.18 bits per heavy atom. The molecule has 0 bridgehead atoms. The number of ether oxygens (including phenoxy) is 1. The largest absolute Gasteiger partial charge is 0.462 e. The van der Waals surface area contributed by atoms with E-state index in [0.29, 0.717) is 10.6 Å². The molecule has 0 saturated heterocycles. The van der Waals surface area contributed by atoms with Gasteiger partial charge in [0.05, 0.1) is 17.9 Å². The van der Waals surface area contributed by atoms with E-state index in [4.69, 9.17) is 17.0 Å². The minimum absolute atomic E-state index is 0.0647. The van der Waals surface area contributed by atoms with E-state index in [-0.39, 0.29) is 23.4 Å². The van der Waals surface area contributed by atoms with E-state index >= 15 is 0 Å². The Balaban J connectivity index is 1.87. The summed E-state index contributed by atoms with van der Waals surface area (Å²) in [5.41, 5.74) is 1.46. The van der Waals surface area contributed by atoms with Crippen molar-refractivity contribution in [2.75, 3.05) is 17.2 Å². The number of esters is 1. The van der Waals surface area contributed by atoms with Gasteiger partial charge in [0.1, 0.15) is 16.6 Å². The lowest BCUT2D eigenvalue weighted by Gasteiger charge is -2.13. The number of aryl methyl sites for hydroxylation is 1. The second kappa shape index (κ2) is 9.43. The molecule has 1 aromatic heterocycles. The fraction of sp³-hybridized carbons (Fsp3) is 0.400. The zero-order chi connectivity index (χ0) is 20.1. The smallest absolute Gasteiger partial charge is 0.341 e. The van der Waals surface area contributed by atoms with Crippen molar-refractivity contribution >= 4 is 45.3 Å². The number of carbonyl (C=O) groups is 1. The molecule has 1 heterocycles. The Hall–Kier alpha value is -2.06. The highest BCUT2D eigenvalue weighted by molar-refractivity contribution is 7.80. The number of thiophene rings is 1. The summed E-state index contributed by atoms with van der Waals surface area (Å²) in [6, 6.07) is 3.10. The molecule has 0 amide bonds. The van der Waals surface area contributed by atoms with Gasteiger partial charge >= 0.3 is 5.97 Å².